The Kier molecular flexibility index (Phi) is 2.51. The van der Waals surface area contributed by atoms with Crippen LogP contribution in [-0.2, 0) is 11.3 Å². The summed E-state index contributed by atoms with van der Waals surface area (Å²) in [6.45, 7) is 0.602. The maximum atomic E-state index is 12.1. The van der Waals surface area contributed by atoms with E-state index in [1.165, 1.54) is 0 Å². The van der Waals surface area contributed by atoms with Crippen molar-refractivity contribution in [3.05, 3.63) is 52.6 Å². The molecule has 5 heteroatoms. The Bertz CT molecular complexity index is 834. The number of rotatable bonds is 0. The molecule has 2 heterocycles. The molecule has 0 bridgehead atoms. The molecule has 1 atom stereocenters. The van der Waals surface area contributed by atoms with Crippen LogP contribution in [0.5, 0.6) is 0 Å². The van der Waals surface area contributed by atoms with Gasteiger partial charge in [0.2, 0.25) is 5.91 Å². The molecule has 0 radical (unpaired) electrons. The van der Waals surface area contributed by atoms with Crippen molar-refractivity contribution in [2.75, 3.05) is 0 Å². The number of fused-ring (bicyclic) bond motifs is 4. The van der Waals surface area contributed by atoms with Crippen molar-refractivity contribution in [2.24, 2.45) is 5.10 Å². The first-order valence-corrected chi connectivity index (χ1v) is 7.02. The third-order valence-electron chi connectivity index (χ3n) is 4.44. The fourth-order valence-corrected chi connectivity index (χ4v) is 3.48. The highest BCUT2D eigenvalue weighted by molar-refractivity contribution is 6.12. The van der Waals surface area contributed by atoms with Gasteiger partial charge in [-0.1, -0.05) is 36.4 Å². The van der Waals surface area contributed by atoms with Crippen molar-refractivity contribution < 1.29 is 4.79 Å². The number of benzene rings is 2. The van der Waals surface area contributed by atoms with Gasteiger partial charge in [0.25, 0.3) is 5.39 Å². The van der Waals surface area contributed by atoms with Gasteiger partial charge in [-0.05, 0) is 22.8 Å². The number of nitrogens with zero attached hydrogens (tertiary/aromatic N) is 4. The normalized spacial score (nSPS) is 22.2. The van der Waals surface area contributed by atoms with Crippen molar-refractivity contribution in [2.45, 2.75) is 25.4 Å². The molecule has 2 aliphatic heterocycles. The van der Waals surface area contributed by atoms with Gasteiger partial charge < -0.3 is 4.90 Å². The van der Waals surface area contributed by atoms with Crippen LogP contribution in [0.4, 0.5) is 0 Å². The lowest BCUT2D eigenvalue weighted by Crippen LogP contribution is -2.43. The fraction of sp³-hybridized carbons (Fsp3) is 0.250. The summed E-state index contributed by atoms with van der Waals surface area (Å²) in [5, 5.41) is 18.0. The molecule has 0 aromatic heterocycles. The van der Waals surface area contributed by atoms with Gasteiger partial charge in [0.05, 0.1) is 6.04 Å². The van der Waals surface area contributed by atoms with Crippen molar-refractivity contribution in [1.82, 2.24) is 4.90 Å². The van der Waals surface area contributed by atoms with Crippen LogP contribution in [0.1, 0.15) is 24.0 Å². The third-order valence-corrected chi connectivity index (χ3v) is 4.44. The van der Waals surface area contributed by atoms with Crippen LogP contribution in [0, 0.1) is 5.39 Å². The lowest BCUT2D eigenvalue weighted by atomic mass is 9.89. The first kappa shape index (κ1) is 12.0. The number of carbonyl (C=O) groups is 1. The Morgan fingerprint density at radius 3 is 2.95 bits per heavy atom. The second-order valence-electron chi connectivity index (χ2n) is 5.46. The van der Waals surface area contributed by atoms with Gasteiger partial charge >= 0.3 is 5.08 Å². The smallest absolute Gasteiger partial charge is 0.329 e. The largest absolute Gasteiger partial charge is 0.339 e. The van der Waals surface area contributed by atoms with Crippen LogP contribution in [-0.4, -0.2) is 22.6 Å². The number of carbonyl (C=O) groups excluding carboxylic acids is 1. The predicted octanol–water partition coefficient (Wildman–Crippen LogP) is 2.90. The standard InChI is InChI=1S/C16H13N4O/c17-19-18-16-12-6-5-10-3-1-2-4-11(10)13(12)9-20-14(16)7-8-15(20)21/h1-6,14H,7-9H2/q+1/b18-16+. The van der Waals surface area contributed by atoms with Crippen LogP contribution in [0.3, 0.4) is 0 Å². The summed E-state index contributed by atoms with van der Waals surface area (Å²) in [6.07, 6.45) is 1.26. The zero-order chi connectivity index (χ0) is 14.4. The Hall–Kier alpha value is -2.74. The van der Waals surface area contributed by atoms with Gasteiger partial charge in [0, 0.05) is 18.5 Å². The summed E-state index contributed by atoms with van der Waals surface area (Å²) >= 11 is 0. The minimum Gasteiger partial charge on any atom is -0.329 e. The zero-order valence-electron chi connectivity index (χ0n) is 11.4. The lowest BCUT2D eigenvalue weighted by molar-refractivity contribution is -0.128. The maximum absolute atomic E-state index is 12.1. The number of hydrogen-bond donors (Lipinski definition) is 0. The summed E-state index contributed by atoms with van der Waals surface area (Å²) in [7, 11) is 0. The van der Waals surface area contributed by atoms with Gasteiger partial charge in [-0.2, -0.15) is 0 Å². The molecule has 1 amide bonds. The highest BCUT2D eigenvalue weighted by atomic mass is 16.2. The molecule has 1 fully saturated rings. The second-order valence-corrected chi connectivity index (χ2v) is 5.46. The third kappa shape index (κ3) is 1.66. The minimum absolute atomic E-state index is 0.0675. The first-order valence-electron chi connectivity index (χ1n) is 7.02. The Labute approximate surface area is 121 Å². The van der Waals surface area contributed by atoms with E-state index < -0.39 is 0 Å². The van der Waals surface area contributed by atoms with Crippen molar-refractivity contribution in [3.63, 3.8) is 0 Å². The van der Waals surface area contributed by atoms with E-state index in [1.807, 2.05) is 29.2 Å². The topological polar surface area (TPSA) is 60.8 Å². The number of hydrogen-bond acceptors (Lipinski definition) is 3. The van der Waals surface area contributed by atoms with E-state index in [4.69, 9.17) is 5.39 Å². The van der Waals surface area contributed by atoms with Crippen molar-refractivity contribution in [3.8, 4) is 0 Å². The van der Waals surface area contributed by atoms with Crippen LogP contribution >= 0.6 is 0 Å². The predicted molar refractivity (Wildman–Crippen MR) is 79.1 cm³/mol. The van der Waals surface area contributed by atoms with Gasteiger partial charge in [-0.25, -0.2) is 0 Å². The van der Waals surface area contributed by atoms with Crippen molar-refractivity contribution >= 4 is 22.4 Å². The van der Waals surface area contributed by atoms with E-state index >= 15 is 0 Å². The van der Waals surface area contributed by atoms with E-state index in [9.17, 15) is 4.79 Å². The number of diazo groups is 1. The summed E-state index contributed by atoms with van der Waals surface area (Å²) in [4.78, 5) is 13.9. The molecule has 2 aliphatic rings. The quantitative estimate of drug-likeness (QED) is 0.549. The van der Waals surface area contributed by atoms with Gasteiger partial charge in [-0.3, -0.25) is 4.79 Å². The van der Waals surface area contributed by atoms with Gasteiger partial charge in [0.1, 0.15) is 0 Å². The molecule has 4 rings (SSSR count). The minimum atomic E-state index is -0.0675. The first-order chi connectivity index (χ1) is 10.3. The summed E-state index contributed by atoms with van der Waals surface area (Å²) in [5.41, 5.74) is 2.76. The summed E-state index contributed by atoms with van der Waals surface area (Å²) < 4.78 is 0. The molecule has 5 nitrogen and oxygen atoms in total. The SMILES string of the molecule is N#[N+]/N=C1\c2ccc3ccccc3c2CN2C(=O)CCC12. The summed E-state index contributed by atoms with van der Waals surface area (Å²) in [6, 6.07) is 12.1. The molecular weight excluding hydrogens is 264 g/mol. The molecule has 0 aliphatic carbocycles. The van der Waals surface area contributed by atoms with Crippen LogP contribution < -0.4 is 0 Å². The van der Waals surface area contributed by atoms with Crippen molar-refractivity contribution in [1.29, 1.82) is 5.39 Å². The van der Waals surface area contributed by atoms with Crippen LogP contribution in [0.25, 0.3) is 15.9 Å². The molecule has 0 spiro atoms. The van der Waals surface area contributed by atoms with E-state index in [0.29, 0.717) is 18.7 Å². The monoisotopic (exact) mass is 277 g/mol. The zero-order valence-corrected chi connectivity index (χ0v) is 11.4. The molecule has 0 saturated carbocycles. The van der Waals surface area contributed by atoms with Gasteiger partial charge in [-0.15, -0.1) is 0 Å². The molecule has 2 aromatic carbocycles. The van der Waals surface area contributed by atoms with E-state index in [0.717, 1.165) is 28.3 Å². The Morgan fingerprint density at radius 2 is 2.10 bits per heavy atom. The molecule has 2 aromatic rings. The molecule has 102 valence electrons. The van der Waals surface area contributed by atoms with E-state index in [1.54, 1.807) is 0 Å². The summed E-state index contributed by atoms with van der Waals surface area (Å²) in [5.74, 6) is 0.143. The Balaban J connectivity index is 2.01. The molecular formula is C16H13N4O+. The van der Waals surface area contributed by atoms with E-state index in [-0.39, 0.29) is 11.9 Å². The maximum Gasteiger partial charge on any atom is 0.339 e. The lowest BCUT2D eigenvalue weighted by Gasteiger charge is -2.31. The second kappa shape index (κ2) is 4.38. The molecule has 1 saturated heterocycles. The average molecular weight is 277 g/mol. The molecule has 1 unspecified atom stereocenters. The number of amides is 1. The highest BCUT2D eigenvalue weighted by Gasteiger charge is 2.41. The van der Waals surface area contributed by atoms with E-state index in [2.05, 4.69) is 22.3 Å². The Morgan fingerprint density at radius 1 is 1.24 bits per heavy atom. The van der Waals surface area contributed by atoms with Crippen LogP contribution in [0.15, 0.2) is 41.5 Å². The van der Waals surface area contributed by atoms with Gasteiger partial charge in [0.15, 0.2) is 10.8 Å². The fourth-order valence-electron chi connectivity index (χ4n) is 3.48. The highest BCUT2D eigenvalue weighted by Crippen LogP contribution is 2.35. The van der Waals surface area contributed by atoms with Crippen LogP contribution in [0.2, 0.25) is 0 Å². The molecule has 21 heavy (non-hydrogen) atoms. The molecule has 0 N–H and O–H groups in total. The average Bonchev–Trinajstić information content (AvgIpc) is 2.88.